The molecular formula is C22H32N4O2S. The molecule has 1 aliphatic heterocycles. The lowest BCUT2D eigenvalue weighted by Crippen LogP contribution is -2.44. The first-order valence-corrected chi connectivity index (χ1v) is 11.0. The van der Waals surface area contributed by atoms with Crippen molar-refractivity contribution in [2.24, 2.45) is 4.99 Å². The van der Waals surface area contributed by atoms with Crippen LogP contribution in [-0.2, 0) is 13.1 Å². The predicted molar refractivity (Wildman–Crippen MR) is 120 cm³/mol. The number of methoxy groups -OCH3 is 2. The number of benzene rings is 1. The summed E-state index contributed by atoms with van der Waals surface area (Å²) in [5, 5.41) is 6.98. The lowest BCUT2D eigenvalue weighted by Gasteiger charge is -2.19. The van der Waals surface area contributed by atoms with Gasteiger partial charge in [0.15, 0.2) is 5.96 Å². The van der Waals surface area contributed by atoms with Crippen molar-refractivity contribution >= 4 is 17.3 Å². The van der Waals surface area contributed by atoms with Crippen LogP contribution in [0.2, 0.25) is 0 Å². The topological polar surface area (TPSA) is 58.1 Å². The van der Waals surface area contributed by atoms with E-state index in [1.54, 1.807) is 25.6 Å². The van der Waals surface area contributed by atoms with Gasteiger partial charge in [-0.25, -0.2) is 4.99 Å². The summed E-state index contributed by atoms with van der Waals surface area (Å²) in [7, 11) is 3.38. The van der Waals surface area contributed by atoms with Gasteiger partial charge in [-0.15, -0.1) is 11.3 Å². The number of aryl methyl sites for hydroxylation is 1. The molecule has 7 heteroatoms. The first kappa shape index (κ1) is 21.5. The maximum atomic E-state index is 5.39. The molecule has 2 heterocycles. The SMILES string of the molecule is CCNC(=NCc1ccc(C)s1)NC1CCN(Cc2cc(OC)cc(OC)c2)C1. The third-order valence-corrected chi connectivity index (χ3v) is 5.95. The molecule has 1 atom stereocenters. The summed E-state index contributed by atoms with van der Waals surface area (Å²) < 4.78 is 10.8. The fourth-order valence-corrected chi connectivity index (χ4v) is 4.37. The molecule has 158 valence electrons. The maximum Gasteiger partial charge on any atom is 0.191 e. The molecule has 1 aromatic heterocycles. The fourth-order valence-electron chi connectivity index (χ4n) is 3.55. The van der Waals surface area contributed by atoms with Gasteiger partial charge in [0.25, 0.3) is 0 Å². The molecule has 2 aromatic rings. The number of guanidine groups is 1. The Morgan fingerprint density at radius 3 is 2.59 bits per heavy atom. The van der Waals surface area contributed by atoms with Crippen LogP contribution in [0.15, 0.2) is 35.3 Å². The molecule has 3 rings (SSSR count). The Balaban J connectivity index is 1.56. The van der Waals surface area contributed by atoms with E-state index in [0.29, 0.717) is 12.6 Å². The molecule has 0 saturated carbocycles. The van der Waals surface area contributed by atoms with Crippen molar-refractivity contribution in [3.63, 3.8) is 0 Å². The first-order valence-electron chi connectivity index (χ1n) is 10.1. The van der Waals surface area contributed by atoms with E-state index in [0.717, 1.165) is 50.1 Å². The molecule has 2 N–H and O–H groups in total. The highest BCUT2D eigenvalue weighted by molar-refractivity contribution is 7.11. The van der Waals surface area contributed by atoms with E-state index >= 15 is 0 Å². The smallest absolute Gasteiger partial charge is 0.191 e. The average molecular weight is 417 g/mol. The van der Waals surface area contributed by atoms with Gasteiger partial charge in [-0.3, -0.25) is 4.90 Å². The van der Waals surface area contributed by atoms with Crippen LogP contribution in [0.1, 0.15) is 28.7 Å². The number of hydrogen-bond donors (Lipinski definition) is 2. The molecular weight excluding hydrogens is 384 g/mol. The Morgan fingerprint density at radius 1 is 1.21 bits per heavy atom. The molecule has 1 saturated heterocycles. The largest absolute Gasteiger partial charge is 0.497 e. The van der Waals surface area contributed by atoms with Crippen LogP contribution in [0.4, 0.5) is 0 Å². The van der Waals surface area contributed by atoms with E-state index in [1.807, 2.05) is 6.07 Å². The molecule has 0 bridgehead atoms. The third-order valence-electron chi connectivity index (χ3n) is 4.96. The second kappa shape index (κ2) is 10.5. The highest BCUT2D eigenvalue weighted by atomic mass is 32.1. The lowest BCUT2D eigenvalue weighted by molar-refractivity contribution is 0.321. The number of ether oxygens (including phenoxy) is 2. The highest BCUT2D eigenvalue weighted by Gasteiger charge is 2.23. The van der Waals surface area contributed by atoms with Gasteiger partial charge in [-0.05, 0) is 50.1 Å². The van der Waals surface area contributed by atoms with Gasteiger partial charge in [0.1, 0.15) is 11.5 Å². The minimum Gasteiger partial charge on any atom is -0.497 e. The van der Waals surface area contributed by atoms with Crippen LogP contribution in [0.3, 0.4) is 0 Å². The Labute approximate surface area is 177 Å². The number of nitrogens with zero attached hydrogens (tertiary/aromatic N) is 2. The number of thiophene rings is 1. The molecule has 1 aliphatic rings. The average Bonchev–Trinajstić information content (AvgIpc) is 3.34. The van der Waals surface area contributed by atoms with Crippen LogP contribution >= 0.6 is 11.3 Å². The molecule has 1 aromatic carbocycles. The number of rotatable bonds is 8. The predicted octanol–water partition coefficient (Wildman–Crippen LogP) is 3.40. The van der Waals surface area contributed by atoms with Crippen molar-refractivity contribution in [2.75, 3.05) is 33.9 Å². The second-order valence-corrected chi connectivity index (χ2v) is 8.67. The fraction of sp³-hybridized carbons (Fsp3) is 0.500. The van der Waals surface area contributed by atoms with Gasteiger partial charge in [-0.1, -0.05) is 0 Å². The van der Waals surface area contributed by atoms with Crippen LogP contribution in [0.25, 0.3) is 0 Å². The lowest BCUT2D eigenvalue weighted by atomic mass is 10.2. The Morgan fingerprint density at radius 2 is 1.97 bits per heavy atom. The van der Waals surface area contributed by atoms with E-state index < -0.39 is 0 Å². The summed E-state index contributed by atoms with van der Waals surface area (Å²) in [6.07, 6.45) is 1.10. The van der Waals surface area contributed by atoms with E-state index in [-0.39, 0.29) is 0 Å². The molecule has 6 nitrogen and oxygen atoms in total. The van der Waals surface area contributed by atoms with Crippen molar-refractivity contribution < 1.29 is 9.47 Å². The van der Waals surface area contributed by atoms with Gasteiger partial charge < -0.3 is 20.1 Å². The van der Waals surface area contributed by atoms with E-state index in [4.69, 9.17) is 14.5 Å². The number of hydrogen-bond acceptors (Lipinski definition) is 5. The molecule has 0 amide bonds. The second-order valence-electron chi connectivity index (χ2n) is 7.29. The van der Waals surface area contributed by atoms with Crippen molar-refractivity contribution in [3.05, 3.63) is 45.6 Å². The van der Waals surface area contributed by atoms with Crippen LogP contribution in [0.5, 0.6) is 11.5 Å². The zero-order valence-corrected chi connectivity index (χ0v) is 18.6. The summed E-state index contributed by atoms with van der Waals surface area (Å²) in [6.45, 7) is 8.73. The summed E-state index contributed by atoms with van der Waals surface area (Å²) >= 11 is 1.81. The van der Waals surface area contributed by atoms with Crippen LogP contribution in [0, 0.1) is 6.92 Å². The maximum absolute atomic E-state index is 5.39. The molecule has 0 radical (unpaired) electrons. The normalized spacial score (nSPS) is 17.4. The minimum absolute atomic E-state index is 0.394. The van der Waals surface area contributed by atoms with Gasteiger partial charge in [0.2, 0.25) is 0 Å². The van der Waals surface area contributed by atoms with Gasteiger partial charge in [-0.2, -0.15) is 0 Å². The number of nitrogens with one attached hydrogen (secondary N) is 2. The molecule has 0 spiro atoms. The zero-order valence-electron chi connectivity index (χ0n) is 17.8. The van der Waals surface area contributed by atoms with Crippen molar-refractivity contribution in [1.29, 1.82) is 0 Å². The molecule has 1 unspecified atom stereocenters. The summed E-state index contributed by atoms with van der Waals surface area (Å²) in [5.41, 5.74) is 1.20. The summed E-state index contributed by atoms with van der Waals surface area (Å²) in [6, 6.07) is 10.8. The Hall–Kier alpha value is -2.25. The molecule has 29 heavy (non-hydrogen) atoms. The van der Waals surface area contributed by atoms with Gasteiger partial charge >= 0.3 is 0 Å². The minimum atomic E-state index is 0.394. The van der Waals surface area contributed by atoms with Gasteiger partial charge in [0.05, 0.1) is 20.8 Å². The first-order chi connectivity index (χ1) is 14.1. The van der Waals surface area contributed by atoms with E-state index in [9.17, 15) is 0 Å². The quantitative estimate of drug-likeness (QED) is 0.510. The molecule has 0 aliphatic carbocycles. The standard InChI is InChI=1S/C22H32N4O2S/c1-5-23-22(24-13-21-7-6-16(2)29-21)25-18-8-9-26(15-18)14-17-10-19(27-3)12-20(11-17)28-4/h6-7,10-12,18H,5,8-9,13-15H2,1-4H3,(H2,23,24,25). The Kier molecular flexibility index (Phi) is 7.77. The van der Waals surface area contributed by atoms with E-state index in [2.05, 4.69) is 53.6 Å². The summed E-state index contributed by atoms with van der Waals surface area (Å²) in [5.74, 6) is 2.56. The summed E-state index contributed by atoms with van der Waals surface area (Å²) in [4.78, 5) is 9.84. The van der Waals surface area contributed by atoms with E-state index in [1.165, 1.54) is 15.3 Å². The monoisotopic (exact) mass is 416 g/mol. The highest BCUT2D eigenvalue weighted by Crippen LogP contribution is 2.24. The molecule has 1 fully saturated rings. The Bertz CT molecular complexity index is 799. The number of aliphatic imine (C=N–C) groups is 1. The van der Waals surface area contributed by atoms with Crippen molar-refractivity contribution in [2.45, 2.75) is 39.4 Å². The van der Waals surface area contributed by atoms with Crippen molar-refractivity contribution in [3.8, 4) is 11.5 Å². The van der Waals surface area contributed by atoms with Crippen LogP contribution in [-0.4, -0.2) is 50.8 Å². The van der Waals surface area contributed by atoms with Crippen LogP contribution < -0.4 is 20.1 Å². The number of likely N-dealkylation sites (tertiary alicyclic amines) is 1. The van der Waals surface area contributed by atoms with Crippen molar-refractivity contribution in [1.82, 2.24) is 15.5 Å². The zero-order chi connectivity index (χ0) is 20.6. The third kappa shape index (κ3) is 6.37. The van der Waals surface area contributed by atoms with Gasteiger partial charge in [0, 0.05) is 48.0 Å².